The van der Waals surface area contributed by atoms with Crippen LogP contribution in [-0.4, -0.2) is 26.2 Å². The van der Waals surface area contributed by atoms with E-state index >= 15 is 0 Å². The molecule has 0 aliphatic heterocycles. The molecular formula is C18H16O4. The minimum absolute atomic E-state index is 0.165. The van der Waals surface area contributed by atoms with E-state index in [2.05, 4.69) is 24.3 Å². The van der Waals surface area contributed by atoms with Gasteiger partial charge in [-0.2, -0.15) is 0 Å². The van der Waals surface area contributed by atoms with Gasteiger partial charge in [0.15, 0.2) is 0 Å². The van der Waals surface area contributed by atoms with E-state index in [-0.39, 0.29) is 11.5 Å². The lowest BCUT2D eigenvalue weighted by Crippen LogP contribution is -2.16. The molecule has 0 spiro atoms. The van der Waals surface area contributed by atoms with Gasteiger partial charge in [0, 0.05) is 11.8 Å². The Labute approximate surface area is 128 Å². The fraction of sp³-hybridized carbons (Fsp3) is 0.333. The molecule has 4 rings (SSSR count). The average Bonchev–Trinajstić information content (AvgIpc) is 3.21. The first-order valence-electron chi connectivity index (χ1n) is 7.37. The van der Waals surface area contributed by atoms with Crippen LogP contribution >= 0.6 is 0 Å². The molecule has 4 heteroatoms. The topological polar surface area (TPSA) is 52.6 Å². The maximum atomic E-state index is 12.3. The molecule has 0 saturated carbocycles. The van der Waals surface area contributed by atoms with Crippen LogP contribution in [0.5, 0.6) is 0 Å². The molecule has 0 amide bonds. The highest BCUT2D eigenvalue weighted by Crippen LogP contribution is 2.59. The first-order valence-corrected chi connectivity index (χ1v) is 7.37. The lowest BCUT2D eigenvalue weighted by Gasteiger charge is -2.16. The number of hydrogen-bond acceptors (Lipinski definition) is 4. The van der Waals surface area contributed by atoms with Gasteiger partial charge in [-0.1, -0.05) is 30.4 Å². The highest BCUT2D eigenvalue weighted by molar-refractivity contribution is 6.05. The SMILES string of the molecule is COC(=O)c1ccc2c(c1C(=O)OC)[C@H]1C=C[C@@H]3C=C[C@H]2[C@@H]31. The van der Waals surface area contributed by atoms with Gasteiger partial charge in [-0.25, -0.2) is 9.59 Å². The molecule has 0 bridgehead atoms. The maximum Gasteiger partial charge on any atom is 0.339 e. The first-order chi connectivity index (χ1) is 10.7. The van der Waals surface area contributed by atoms with Gasteiger partial charge in [0.05, 0.1) is 25.3 Å². The van der Waals surface area contributed by atoms with Gasteiger partial charge in [-0.3, -0.25) is 0 Å². The Morgan fingerprint density at radius 2 is 1.59 bits per heavy atom. The Morgan fingerprint density at radius 1 is 0.909 bits per heavy atom. The number of esters is 2. The monoisotopic (exact) mass is 296 g/mol. The Morgan fingerprint density at radius 3 is 2.27 bits per heavy atom. The molecule has 3 aliphatic carbocycles. The second-order valence-electron chi connectivity index (χ2n) is 5.95. The first kappa shape index (κ1) is 13.3. The molecule has 22 heavy (non-hydrogen) atoms. The minimum Gasteiger partial charge on any atom is -0.465 e. The van der Waals surface area contributed by atoms with Gasteiger partial charge in [0.25, 0.3) is 0 Å². The summed E-state index contributed by atoms with van der Waals surface area (Å²) in [4.78, 5) is 24.4. The fourth-order valence-corrected chi connectivity index (χ4v) is 4.26. The molecule has 0 fully saturated rings. The number of allylic oxidation sites excluding steroid dienone is 4. The Hall–Kier alpha value is -2.36. The van der Waals surface area contributed by atoms with Crippen molar-refractivity contribution in [3.05, 3.63) is 58.7 Å². The van der Waals surface area contributed by atoms with Crippen LogP contribution < -0.4 is 0 Å². The molecule has 4 nitrogen and oxygen atoms in total. The zero-order valence-corrected chi connectivity index (χ0v) is 12.4. The third-order valence-electron chi connectivity index (χ3n) is 5.12. The van der Waals surface area contributed by atoms with Gasteiger partial charge < -0.3 is 9.47 Å². The van der Waals surface area contributed by atoms with Crippen LogP contribution in [0.1, 0.15) is 43.7 Å². The zero-order chi connectivity index (χ0) is 15.4. The molecule has 0 N–H and O–H groups in total. The third kappa shape index (κ3) is 1.52. The molecular weight excluding hydrogens is 280 g/mol. The molecule has 0 saturated heterocycles. The predicted molar refractivity (Wildman–Crippen MR) is 79.9 cm³/mol. The lowest BCUT2D eigenvalue weighted by molar-refractivity contribution is 0.0554. The lowest BCUT2D eigenvalue weighted by atomic mass is 9.87. The number of fused-ring (bicyclic) bond motifs is 3. The highest BCUT2D eigenvalue weighted by atomic mass is 16.5. The van der Waals surface area contributed by atoms with Gasteiger partial charge in [0.2, 0.25) is 0 Å². The summed E-state index contributed by atoms with van der Waals surface area (Å²) >= 11 is 0. The van der Waals surface area contributed by atoms with Gasteiger partial charge in [-0.05, 0) is 29.0 Å². The number of ether oxygens (including phenoxy) is 2. The van der Waals surface area contributed by atoms with E-state index in [1.54, 1.807) is 6.07 Å². The normalized spacial score (nSPS) is 29.4. The summed E-state index contributed by atoms with van der Waals surface area (Å²) in [5, 5.41) is 0. The van der Waals surface area contributed by atoms with E-state index in [1.165, 1.54) is 14.2 Å². The van der Waals surface area contributed by atoms with Crippen LogP contribution in [0.2, 0.25) is 0 Å². The Bertz CT molecular complexity index is 744. The van der Waals surface area contributed by atoms with Crippen molar-refractivity contribution in [2.75, 3.05) is 14.2 Å². The molecule has 0 radical (unpaired) electrons. The molecule has 3 aliphatic rings. The summed E-state index contributed by atoms with van der Waals surface area (Å²) in [6.45, 7) is 0. The molecule has 112 valence electrons. The van der Waals surface area contributed by atoms with Crippen LogP contribution in [0, 0.1) is 11.8 Å². The van der Waals surface area contributed by atoms with Gasteiger partial charge >= 0.3 is 11.9 Å². The van der Waals surface area contributed by atoms with Crippen molar-refractivity contribution in [2.24, 2.45) is 11.8 Å². The van der Waals surface area contributed by atoms with E-state index in [0.29, 0.717) is 23.3 Å². The smallest absolute Gasteiger partial charge is 0.339 e. The van der Waals surface area contributed by atoms with E-state index in [0.717, 1.165) is 11.1 Å². The quantitative estimate of drug-likeness (QED) is 0.622. The van der Waals surface area contributed by atoms with E-state index in [4.69, 9.17) is 9.47 Å². The molecule has 1 aromatic rings. The van der Waals surface area contributed by atoms with Crippen molar-refractivity contribution < 1.29 is 19.1 Å². The number of rotatable bonds is 2. The van der Waals surface area contributed by atoms with Crippen LogP contribution in [0.15, 0.2) is 36.4 Å². The van der Waals surface area contributed by atoms with Crippen molar-refractivity contribution in [1.82, 2.24) is 0 Å². The van der Waals surface area contributed by atoms with E-state index in [1.807, 2.05) is 6.07 Å². The summed E-state index contributed by atoms with van der Waals surface area (Å²) in [6, 6.07) is 3.64. The van der Waals surface area contributed by atoms with Gasteiger partial charge in [-0.15, -0.1) is 0 Å². The summed E-state index contributed by atoms with van der Waals surface area (Å²) in [5.41, 5.74) is 2.72. The molecule has 0 heterocycles. The molecule has 0 aromatic heterocycles. The second-order valence-corrected chi connectivity index (χ2v) is 5.95. The third-order valence-corrected chi connectivity index (χ3v) is 5.12. The summed E-state index contributed by atoms with van der Waals surface area (Å²) < 4.78 is 9.76. The van der Waals surface area contributed by atoms with Crippen molar-refractivity contribution >= 4 is 11.9 Å². The van der Waals surface area contributed by atoms with Crippen LogP contribution in [0.25, 0.3) is 0 Å². The van der Waals surface area contributed by atoms with Crippen LogP contribution in [0.4, 0.5) is 0 Å². The van der Waals surface area contributed by atoms with Gasteiger partial charge in [0.1, 0.15) is 0 Å². The Kier molecular flexibility index (Phi) is 2.76. The zero-order valence-electron chi connectivity index (χ0n) is 12.4. The highest BCUT2D eigenvalue weighted by Gasteiger charge is 2.49. The molecule has 4 atom stereocenters. The second kappa shape index (κ2) is 4.57. The molecule has 1 aromatic carbocycles. The number of benzene rings is 1. The Balaban J connectivity index is 1.97. The van der Waals surface area contributed by atoms with Crippen LogP contribution in [-0.2, 0) is 9.47 Å². The minimum atomic E-state index is -0.505. The van der Waals surface area contributed by atoms with Crippen molar-refractivity contribution in [2.45, 2.75) is 11.8 Å². The average molecular weight is 296 g/mol. The standard InChI is InChI=1S/C18H16O4/c1-21-17(19)13-8-7-11-10-5-3-9-4-6-12(14(9)10)15(11)16(13)18(20)22-2/h3-10,12,14H,1-2H3/t9-,10+,12-,14+/m0/s1. The largest absolute Gasteiger partial charge is 0.465 e. The van der Waals surface area contributed by atoms with E-state index < -0.39 is 11.9 Å². The van der Waals surface area contributed by atoms with Crippen LogP contribution in [0.3, 0.4) is 0 Å². The predicted octanol–water partition coefficient (Wildman–Crippen LogP) is 2.81. The number of carbonyl (C=O) groups is 2. The number of carbonyl (C=O) groups excluding carboxylic acids is 2. The summed E-state index contributed by atoms with van der Waals surface area (Å²) in [5.74, 6) is 0.363. The number of methoxy groups -OCH3 is 2. The molecule has 0 unspecified atom stereocenters. The fourth-order valence-electron chi connectivity index (χ4n) is 4.26. The van der Waals surface area contributed by atoms with Crippen molar-refractivity contribution in [1.29, 1.82) is 0 Å². The summed E-state index contributed by atoms with van der Waals surface area (Å²) in [6.07, 6.45) is 8.81. The maximum absolute atomic E-state index is 12.3. The van der Waals surface area contributed by atoms with Crippen molar-refractivity contribution in [3.8, 4) is 0 Å². The number of hydrogen-bond donors (Lipinski definition) is 0. The van der Waals surface area contributed by atoms with E-state index in [9.17, 15) is 9.59 Å². The summed E-state index contributed by atoms with van der Waals surface area (Å²) in [7, 11) is 2.66. The van der Waals surface area contributed by atoms with Crippen molar-refractivity contribution in [3.63, 3.8) is 0 Å².